The van der Waals surface area contributed by atoms with E-state index in [2.05, 4.69) is 10.2 Å². The summed E-state index contributed by atoms with van der Waals surface area (Å²) in [6.45, 7) is 1.84. The number of hydrogen-bond donors (Lipinski definition) is 4. The average molecular weight is 533 g/mol. The molecule has 0 spiro atoms. The zero-order chi connectivity index (χ0) is 25.5. The third-order valence-corrected chi connectivity index (χ3v) is 6.98. The Morgan fingerprint density at radius 3 is 2.00 bits per heavy atom. The second-order valence-electron chi connectivity index (χ2n) is 6.64. The van der Waals surface area contributed by atoms with Gasteiger partial charge in [-0.05, 0) is 42.6 Å². The molecule has 0 saturated heterocycles. The molecule has 0 aromatic heterocycles. The summed E-state index contributed by atoms with van der Waals surface area (Å²) in [7, 11) is -14.5. The number of phenols is 1. The van der Waals surface area contributed by atoms with Crippen LogP contribution in [-0.2, 0) is 30.4 Å². The number of phenolic OH excluding ortho intramolecular Hbond substituents is 1. The van der Waals surface area contributed by atoms with E-state index in [-0.39, 0.29) is 23.1 Å². The largest absolute Gasteiger partial charge is 0.504 e. The van der Waals surface area contributed by atoms with Gasteiger partial charge in [-0.2, -0.15) is 25.3 Å². The Morgan fingerprint density at radius 2 is 1.44 bits per heavy atom. The fourth-order valence-electron chi connectivity index (χ4n) is 2.93. The molecule has 3 aromatic carbocycles. The molecular weight excluding hydrogens is 516 g/mol. The fraction of sp³-hybridized carbons (Fsp3) is 0.111. The molecule has 0 aliphatic rings. The van der Waals surface area contributed by atoms with Crippen molar-refractivity contribution >= 4 is 52.5 Å². The first-order chi connectivity index (χ1) is 15.6. The van der Waals surface area contributed by atoms with Gasteiger partial charge >= 0.3 is 0 Å². The van der Waals surface area contributed by atoms with Crippen LogP contribution in [0.25, 0.3) is 10.8 Å². The topological polar surface area (TPSA) is 217 Å². The van der Waals surface area contributed by atoms with E-state index < -0.39 is 62.2 Å². The van der Waals surface area contributed by atoms with E-state index in [1.54, 1.807) is 6.92 Å². The van der Waals surface area contributed by atoms with Crippen molar-refractivity contribution in [1.82, 2.24) is 0 Å². The van der Waals surface area contributed by atoms with Crippen molar-refractivity contribution in [3.63, 3.8) is 0 Å². The first-order valence-electron chi connectivity index (χ1n) is 9.03. The Kier molecular flexibility index (Phi) is 6.66. The second-order valence-corrected chi connectivity index (χ2v) is 10.8. The normalized spacial score (nSPS) is 12.9. The van der Waals surface area contributed by atoms with Crippen LogP contribution in [0, 0.1) is 0 Å². The van der Waals surface area contributed by atoms with Crippen molar-refractivity contribution in [1.29, 1.82) is 0 Å². The van der Waals surface area contributed by atoms with Gasteiger partial charge < -0.3 is 9.84 Å². The van der Waals surface area contributed by atoms with Crippen LogP contribution in [0.3, 0.4) is 0 Å². The molecule has 0 atom stereocenters. The zero-order valence-corrected chi connectivity index (χ0v) is 19.5. The summed E-state index contributed by atoms with van der Waals surface area (Å²) in [4.78, 5) is -2.37. The van der Waals surface area contributed by atoms with Gasteiger partial charge in [0, 0.05) is 11.5 Å². The minimum absolute atomic E-state index is 0.0691. The molecule has 0 saturated carbocycles. The molecule has 34 heavy (non-hydrogen) atoms. The number of azo groups is 1. The molecule has 16 heteroatoms. The molecule has 0 amide bonds. The molecule has 13 nitrogen and oxygen atoms in total. The van der Waals surface area contributed by atoms with Crippen molar-refractivity contribution in [2.24, 2.45) is 10.2 Å². The third kappa shape index (κ3) is 5.32. The lowest BCUT2D eigenvalue weighted by atomic mass is 10.1. The van der Waals surface area contributed by atoms with Crippen LogP contribution < -0.4 is 4.74 Å². The average Bonchev–Trinajstić information content (AvgIpc) is 2.71. The van der Waals surface area contributed by atoms with Gasteiger partial charge in [0.15, 0.2) is 5.75 Å². The number of ether oxygens (including phenoxy) is 1. The van der Waals surface area contributed by atoms with Crippen LogP contribution in [0.4, 0.5) is 11.4 Å². The van der Waals surface area contributed by atoms with Gasteiger partial charge in [0.05, 0.1) is 11.5 Å². The van der Waals surface area contributed by atoms with Gasteiger partial charge in [-0.25, -0.2) is 0 Å². The van der Waals surface area contributed by atoms with Gasteiger partial charge in [0.25, 0.3) is 30.4 Å². The number of aromatic hydroxyl groups is 1. The minimum atomic E-state index is -5.04. The highest BCUT2D eigenvalue weighted by Gasteiger charge is 2.23. The van der Waals surface area contributed by atoms with Crippen LogP contribution in [-0.4, -0.2) is 50.6 Å². The molecular formula is C18H16N2O11S3. The van der Waals surface area contributed by atoms with E-state index in [4.69, 9.17) is 4.74 Å². The first-order valence-corrected chi connectivity index (χ1v) is 13.4. The van der Waals surface area contributed by atoms with E-state index in [0.717, 1.165) is 36.4 Å². The standard InChI is InChI=1S/C18H16N2O11S3/c1-2-31-11-3-6-14(15(9-11)33(25,26)27)19-20-17-13-5-4-12(32(22,23)24)7-10(13)8-16(18(17)21)34(28,29)30/h3-9,21H,2H2,1H3,(H,22,23,24)(H,25,26,27)(H,28,29,30). The highest BCUT2D eigenvalue weighted by atomic mass is 32.2. The number of fused-ring (bicyclic) bond motifs is 1. The molecule has 0 heterocycles. The Balaban J connectivity index is 2.31. The fourth-order valence-corrected chi connectivity index (χ4v) is 4.70. The van der Waals surface area contributed by atoms with Crippen molar-refractivity contribution in [2.75, 3.05) is 6.61 Å². The molecule has 0 bridgehead atoms. The summed E-state index contributed by atoms with van der Waals surface area (Å²) in [5, 5.41) is 17.5. The maximum atomic E-state index is 11.8. The van der Waals surface area contributed by atoms with Crippen molar-refractivity contribution in [3.8, 4) is 11.5 Å². The number of rotatable bonds is 7. The van der Waals surface area contributed by atoms with Crippen LogP contribution in [0.5, 0.6) is 11.5 Å². The monoisotopic (exact) mass is 532 g/mol. The molecule has 0 radical (unpaired) electrons. The molecule has 0 aliphatic heterocycles. The minimum Gasteiger partial charge on any atom is -0.504 e. The van der Waals surface area contributed by atoms with E-state index in [0.29, 0.717) is 0 Å². The van der Waals surface area contributed by atoms with Gasteiger partial charge in [-0.15, -0.1) is 10.2 Å². The third-order valence-electron chi connectivity index (χ3n) is 4.38. The van der Waals surface area contributed by atoms with Gasteiger partial charge in [-0.1, -0.05) is 6.07 Å². The van der Waals surface area contributed by atoms with E-state index in [1.165, 1.54) is 6.07 Å². The Hall–Kier alpha value is -3.15. The van der Waals surface area contributed by atoms with Crippen LogP contribution in [0.2, 0.25) is 0 Å². The zero-order valence-electron chi connectivity index (χ0n) is 17.0. The van der Waals surface area contributed by atoms with Crippen LogP contribution in [0.15, 0.2) is 67.4 Å². The Morgan fingerprint density at radius 1 is 0.794 bits per heavy atom. The van der Waals surface area contributed by atoms with Crippen molar-refractivity contribution in [3.05, 3.63) is 42.5 Å². The van der Waals surface area contributed by atoms with Gasteiger partial charge in [-0.3, -0.25) is 13.7 Å². The highest BCUT2D eigenvalue weighted by Crippen LogP contribution is 2.42. The van der Waals surface area contributed by atoms with Crippen LogP contribution in [0.1, 0.15) is 6.92 Å². The molecule has 4 N–H and O–H groups in total. The number of benzene rings is 3. The summed E-state index contributed by atoms with van der Waals surface area (Å²) in [6.07, 6.45) is 0. The first kappa shape index (κ1) is 25.5. The van der Waals surface area contributed by atoms with E-state index in [1.807, 2.05) is 0 Å². The molecule has 3 aromatic rings. The maximum absolute atomic E-state index is 11.8. The molecule has 0 aliphatic carbocycles. The Labute approximate surface area is 193 Å². The second kappa shape index (κ2) is 8.90. The number of hydrogen-bond acceptors (Lipinski definition) is 10. The molecule has 0 unspecified atom stereocenters. The highest BCUT2D eigenvalue weighted by molar-refractivity contribution is 7.86. The van der Waals surface area contributed by atoms with Gasteiger partial charge in [0.1, 0.15) is 26.9 Å². The summed E-state index contributed by atoms with van der Waals surface area (Å²) < 4.78 is 103. The molecule has 182 valence electrons. The molecule has 3 rings (SSSR count). The van der Waals surface area contributed by atoms with E-state index >= 15 is 0 Å². The lowest BCUT2D eigenvalue weighted by Gasteiger charge is -2.10. The SMILES string of the molecule is CCOc1ccc(N=Nc2c(O)c(S(=O)(=O)O)cc3cc(S(=O)(=O)O)ccc23)c(S(=O)(=O)O)c1. The van der Waals surface area contributed by atoms with Gasteiger partial charge in [0.2, 0.25) is 0 Å². The maximum Gasteiger partial charge on any atom is 0.298 e. The van der Waals surface area contributed by atoms with Crippen molar-refractivity contribution in [2.45, 2.75) is 21.6 Å². The predicted molar refractivity (Wildman–Crippen MR) is 117 cm³/mol. The summed E-state index contributed by atoms with van der Waals surface area (Å²) in [5.41, 5.74) is -0.993. The summed E-state index contributed by atoms with van der Waals surface area (Å²) >= 11 is 0. The summed E-state index contributed by atoms with van der Waals surface area (Å²) in [5.74, 6) is -0.980. The summed E-state index contributed by atoms with van der Waals surface area (Å²) in [6, 6.07) is 7.02. The quantitative estimate of drug-likeness (QED) is 0.256. The van der Waals surface area contributed by atoms with E-state index in [9.17, 15) is 44.0 Å². The Bertz CT molecular complexity index is 1650. The predicted octanol–water partition coefficient (Wildman–Crippen LogP) is 3.10. The number of nitrogens with zero attached hydrogens (tertiary/aromatic N) is 2. The lowest BCUT2D eigenvalue weighted by Crippen LogP contribution is -2.01. The van der Waals surface area contributed by atoms with Crippen LogP contribution >= 0.6 is 0 Å². The molecule has 0 fully saturated rings. The van der Waals surface area contributed by atoms with Crippen molar-refractivity contribution < 1.29 is 48.8 Å². The smallest absolute Gasteiger partial charge is 0.298 e. The lowest BCUT2D eigenvalue weighted by molar-refractivity contribution is 0.339.